The average molecular weight is 202 g/mol. The first kappa shape index (κ1) is 11.0. The molecule has 0 spiro atoms. The van der Waals surface area contributed by atoms with Crippen LogP contribution in [0.4, 0.5) is 0 Å². The third-order valence-electron chi connectivity index (χ3n) is 1.86. The smallest absolute Gasteiger partial charge is 0.304 e. The molecule has 14 heavy (non-hydrogen) atoms. The van der Waals surface area contributed by atoms with Gasteiger partial charge in [-0.25, -0.2) is 0 Å². The van der Waals surface area contributed by atoms with Crippen LogP contribution < -0.4 is 0 Å². The molecule has 0 bridgehead atoms. The van der Waals surface area contributed by atoms with Gasteiger partial charge in [0, 0.05) is 26.2 Å². The Morgan fingerprint density at radius 2 is 2.07 bits per heavy atom. The molecule has 5 nitrogen and oxygen atoms in total. The van der Waals surface area contributed by atoms with Crippen molar-refractivity contribution in [1.82, 2.24) is 0 Å². The Bertz CT molecular complexity index is 225. The van der Waals surface area contributed by atoms with Crippen LogP contribution >= 0.6 is 0 Å². The molecule has 1 rings (SSSR count). The summed E-state index contributed by atoms with van der Waals surface area (Å²) in [5.74, 6) is -0.535. The minimum atomic E-state index is -0.479. The molecule has 80 valence electrons. The molecule has 0 aromatic carbocycles. The summed E-state index contributed by atoms with van der Waals surface area (Å²) in [5, 5.41) is 0. The lowest BCUT2D eigenvalue weighted by molar-refractivity contribution is -0.167. The van der Waals surface area contributed by atoms with Crippen molar-refractivity contribution in [2.24, 2.45) is 5.92 Å². The van der Waals surface area contributed by atoms with E-state index in [0.717, 1.165) is 0 Å². The standard InChI is InChI=1S/C9H14O5/c1-6(10)12-4-8-3-9(13-5-8)14-7(2)11/h8-9H,3-5H2,1-2H3/t8-,9?/m1/s1. The summed E-state index contributed by atoms with van der Waals surface area (Å²) in [6.07, 6.45) is 0.111. The second-order valence-electron chi connectivity index (χ2n) is 3.28. The van der Waals surface area contributed by atoms with E-state index in [1.165, 1.54) is 13.8 Å². The minimum Gasteiger partial charge on any atom is -0.465 e. The van der Waals surface area contributed by atoms with Crippen LogP contribution in [0.15, 0.2) is 0 Å². The molecule has 2 atom stereocenters. The largest absolute Gasteiger partial charge is 0.465 e. The molecule has 0 amide bonds. The van der Waals surface area contributed by atoms with Crippen LogP contribution in [0.3, 0.4) is 0 Å². The van der Waals surface area contributed by atoms with Crippen molar-refractivity contribution < 1.29 is 23.8 Å². The summed E-state index contributed by atoms with van der Waals surface area (Å²) >= 11 is 0. The van der Waals surface area contributed by atoms with E-state index in [1.807, 2.05) is 0 Å². The average Bonchev–Trinajstić information content (AvgIpc) is 2.47. The Labute approximate surface area is 82.3 Å². The zero-order valence-electron chi connectivity index (χ0n) is 8.32. The Morgan fingerprint density at radius 1 is 1.36 bits per heavy atom. The predicted octanol–water partition coefficient (Wildman–Crippen LogP) is 0.475. The summed E-state index contributed by atoms with van der Waals surface area (Å²) in [7, 11) is 0. The van der Waals surface area contributed by atoms with E-state index in [0.29, 0.717) is 19.6 Å². The maximum Gasteiger partial charge on any atom is 0.304 e. The van der Waals surface area contributed by atoms with Gasteiger partial charge in [0.05, 0.1) is 13.2 Å². The maximum absolute atomic E-state index is 10.6. The highest BCUT2D eigenvalue weighted by Crippen LogP contribution is 2.20. The highest BCUT2D eigenvalue weighted by molar-refractivity contribution is 5.66. The summed E-state index contributed by atoms with van der Waals surface area (Å²) in [6.45, 7) is 3.49. The van der Waals surface area contributed by atoms with Crippen molar-refractivity contribution in [3.05, 3.63) is 0 Å². The first-order chi connectivity index (χ1) is 6.58. The fraction of sp³-hybridized carbons (Fsp3) is 0.778. The number of esters is 2. The minimum absolute atomic E-state index is 0.128. The molecule has 1 aliphatic heterocycles. The van der Waals surface area contributed by atoms with Crippen LogP contribution in [0, 0.1) is 5.92 Å². The normalized spacial score (nSPS) is 25.9. The van der Waals surface area contributed by atoms with E-state index >= 15 is 0 Å². The Kier molecular flexibility index (Phi) is 3.88. The molecule has 0 N–H and O–H groups in total. The van der Waals surface area contributed by atoms with E-state index < -0.39 is 6.29 Å². The van der Waals surface area contributed by atoms with Gasteiger partial charge in [-0.2, -0.15) is 0 Å². The highest BCUT2D eigenvalue weighted by atomic mass is 16.7. The Morgan fingerprint density at radius 3 is 2.64 bits per heavy atom. The number of carbonyl (C=O) groups is 2. The van der Waals surface area contributed by atoms with Gasteiger partial charge in [0.25, 0.3) is 0 Å². The first-order valence-corrected chi connectivity index (χ1v) is 4.50. The van der Waals surface area contributed by atoms with Gasteiger partial charge < -0.3 is 14.2 Å². The van der Waals surface area contributed by atoms with Crippen molar-refractivity contribution in [3.8, 4) is 0 Å². The first-order valence-electron chi connectivity index (χ1n) is 4.50. The van der Waals surface area contributed by atoms with Crippen LogP contribution in [0.5, 0.6) is 0 Å². The van der Waals surface area contributed by atoms with Crippen molar-refractivity contribution in [3.63, 3.8) is 0 Å². The molecular weight excluding hydrogens is 188 g/mol. The quantitative estimate of drug-likeness (QED) is 0.623. The Hall–Kier alpha value is -1.10. The Balaban J connectivity index is 2.20. The van der Waals surface area contributed by atoms with Crippen molar-refractivity contribution >= 4 is 11.9 Å². The number of hydrogen-bond donors (Lipinski definition) is 0. The molecule has 0 aliphatic carbocycles. The molecule has 1 fully saturated rings. The molecule has 0 saturated carbocycles. The zero-order valence-corrected chi connectivity index (χ0v) is 8.32. The summed E-state index contributed by atoms with van der Waals surface area (Å²) in [6, 6.07) is 0. The molecule has 1 aliphatic rings. The predicted molar refractivity (Wildman–Crippen MR) is 46.2 cm³/mol. The molecule has 1 heterocycles. The fourth-order valence-corrected chi connectivity index (χ4v) is 1.27. The molecule has 0 aromatic heterocycles. The molecular formula is C9H14O5. The van der Waals surface area contributed by atoms with Crippen molar-refractivity contribution in [1.29, 1.82) is 0 Å². The molecule has 0 aromatic rings. The molecule has 0 radical (unpaired) electrons. The second-order valence-corrected chi connectivity index (χ2v) is 3.28. The molecule has 1 saturated heterocycles. The van der Waals surface area contributed by atoms with Gasteiger partial charge in [-0.15, -0.1) is 0 Å². The van der Waals surface area contributed by atoms with Gasteiger partial charge in [0.2, 0.25) is 6.29 Å². The van der Waals surface area contributed by atoms with Crippen molar-refractivity contribution in [2.75, 3.05) is 13.2 Å². The second kappa shape index (κ2) is 4.95. The third kappa shape index (κ3) is 3.74. The molecule has 5 heteroatoms. The van der Waals surface area contributed by atoms with Crippen LogP contribution in [-0.2, 0) is 23.8 Å². The topological polar surface area (TPSA) is 61.8 Å². The molecule has 1 unspecified atom stereocenters. The van der Waals surface area contributed by atoms with E-state index in [-0.39, 0.29) is 17.9 Å². The number of rotatable bonds is 3. The van der Waals surface area contributed by atoms with Gasteiger partial charge in [-0.3, -0.25) is 9.59 Å². The van der Waals surface area contributed by atoms with E-state index in [9.17, 15) is 9.59 Å². The summed E-state index contributed by atoms with van der Waals surface area (Å²) in [5.41, 5.74) is 0. The monoisotopic (exact) mass is 202 g/mol. The highest BCUT2D eigenvalue weighted by Gasteiger charge is 2.28. The van der Waals surface area contributed by atoms with Gasteiger partial charge in [0.1, 0.15) is 0 Å². The SMILES string of the molecule is CC(=O)OC[C@@H]1COC(OC(C)=O)C1. The zero-order chi connectivity index (χ0) is 10.6. The third-order valence-corrected chi connectivity index (χ3v) is 1.86. The van der Waals surface area contributed by atoms with Crippen LogP contribution in [-0.4, -0.2) is 31.4 Å². The lowest BCUT2D eigenvalue weighted by atomic mass is 10.1. The van der Waals surface area contributed by atoms with E-state index in [1.54, 1.807) is 0 Å². The van der Waals surface area contributed by atoms with Crippen LogP contribution in [0.1, 0.15) is 20.3 Å². The summed E-state index contributed by atoms with van der Waals surface area (Å²) < 4.78 is 14.8. The van der Waals surface area contributed by atoms with Gasteiger partial charge in [-0.05, 0) is 0 Å². The number of ether oxygens (including phenoxy) is 3. The van der Waals surface area contributed by atoms with Gasteiger partial charge >= 0.3 is 11.9 Å². The van der Waals surface area contributed by atoms with Gasteiger partial charge in [0.15, 0.2) is 0 Å². The lowest BCUT2D eigenvalue weighted by Gasteiger charge is -2.09. The lowest BCUT2D eigenvalue weighted by Crippen LogP contribution is -2.15. The van der Waals surface area contributed by atoms with E-state index in [2.05, 4.69) is 0 Å². The number of carbonyl (C=O) groups excluding carboxylic acids is 2. The maximum atomic E-state index is 10.6. The van der Waals surface area contributed by atoms with Crippen molar-refractivity contribution in [2.45, 2.75) is 26.6 Å². The summed E-state index contributed by atoms with van der Waals surface area (Å²) in [4.78, 5) is 21.1. The fourth-order valence-electron chi connectivity index (χ4n) is 1.27. The van der Waals surface area contributed by atoms with Crippen LogP contribution in [0.2, 0.25) is 0 Å². The van der Waals surface area contributed by atoms with E-state index in [4.69, 9.17) is 14.2 Å². The number of hydrogen-bond acceptors (Lipinski definition) is 5. The van der Waals surface area contributed by atoms with Crippen LogP contribution in [0.25, 0.3) is 0 Å². The van der Waals surface area contributed by atoms with Gasteiger partial charge in [-0.1, -0.05) is 0 Å².